The molecule has 104 valence electrons. The molecule has 0 radical (unpaired) electrons. The van der Waals surface area contributed by atoms with Gasteiger partial charge in [-0.25, -0.2) is 9.97 Å². The van der Waals surface area contributed by atoms with Crippen LogP contribution in [0.2, 0.25) is 0 Å². The third-order valence-corrected chi connectivity index (χ3v) is 2.85. The lowest BCUT2D eigenvalue weighted by molar-refractivity contribution is -0.137. The second-order valence-corrected chi connectivity index (χ2v) is 4.43. The van der Waals surface area contributed by atoms with Gasteiger partial charge in [0.05, 0.1) is 19.2 Å². The zero-order valence-corrected chi connectivity index (χ0v) is 11.5. The van der Waals surface area contributed by atoms with E-state index in [4.69, 9.17) is 9.84 Å². The monoisotopic (exact) mass is 272 g/mol. The molecule has 0 amide bonds. The molecule has 0 atom stereocenters. The molecule has 2 aromatic rings. The SMILES string of the molecule is COc1ccc(-c2cc(C)nc(CCC(=O)O)n2)cc1. The molecule has 0 unspecified atom stereocenters. The summed E-state index contributed by atoms with van der Waals surface area (Å²) in [5.41, 5.74) is 2.57. The lowest BCUT2D eigenvalue weighted by Gasteiger charge is -2.06. The first-order valence-corrected chi connectivity index (χ1v) is 6.29. The van der Waals surface area contributed by atoms with Crippen molar-refractivity contribution < 1.29 is 14.6 Å². The normalized spacial score (nSPS) is 10.3. The predicted molar refractivity (Wildman–Crippen MR) is 74.7 cm³/mol. The van der Waals surface area contributed by atoms with E-state index in [0.717, 1.165) is 22.7 Å². The smallest absolute Gasteiger partial charge is 0.303 e. The highest BCUT2D eigenvalue weighted by molar-refractivity contribution is 5.67. The number of aromatic nitrogens is 2. The Morgan fingerprint density at radius 3 is 2.55 bits per heavy atom. The molecule has 0 spiro atoms. The van der Waals surface area contributed by atoms with E-state index in [0.29, 0.717) is 12.2 Å². The average molecular weight is 272 g/mol. The van der Waals surface area contributed by atoms with E-state index in [1.807, 2.05) is 37.3 Å². The topological polar surface area (TPSA) is 72.3 Å². The lowest BCUT2D eigenvalue weighted by atomic mass is 10.1. The molecule has 5 nitrogen and oxygen atoms in total. The van der Waals surface area contributed by atoms with E-state index in [-0.39, 0.29) is 6.42 Å². The second kappa shape index (κ2) is 6.14. The van der Waals surface area contributed by atoms with E-state index >= 15 is 0 Å². The summed E-state index contributed by atoms with van der Waals surface area (Å²) in [6.45, 7) is 1.87. The van der Waals surface area contributed by atoms with Crippen molar-refractivity contribution in [2.45, 2.75) is 19.8 Å². The maximum absolute atomic E-state index is 10.6. The van der Waals surface area contributed by atoms with Crippen molar-refractivity contribution in [3.8, 4) is 17.0 Å². The molecule has 0 aliphatic rings. The fraction of sp³-hybridized carbons (Fsp3) is 0.267. The number of hydrogen-bond acceptors (Lipinski definition) is 4. The number of benzene rings is 1. The molecule has 20 heavy (non-hydrogen) atoms. The van der Waals surface area contributed by atoms with Crippen molar-refractivity contribution >= 4 is 5.97 Å². The molecule has 2 rings (SSSR count). The maximum atomic E-state index is 10.6. The molecule has 0 saturated carbocycles. The fourth-order valence-electron chi connectivity index (χ4n) is 1.87. The van der Waals surface area contributed by atoms with E-state index in [1.54, 1.807) is 7.11 Å². The van der Waals surface area contributed by atoms with Crippen molar-refractivity contribution in [3.05, 3.63) is 41.9 Å². The Morgan fingerprint density at radius 1 is 1.25 bits per heavy atom. The summed E-state index contributed by atoms with van der Waals surface area (Å²) in [7, 11) is 1.62. The van der Waals surface area contributed by atoms with Crippen LogP contribution >= 0.6 is 0 Å². The lowest BCUT2D eigenvalue weighted by Crippen LogP contribution is -2.03. The molecular weight excluding hydrogens is 256 g/mol. The van der Waals surface area contributed by atoms with Gasteiger partial charge in [-0.05, 0) is 37.3 Å². The number of aliphatic carboxylic acids is 1. The van der Waals surface area contributed by atoms with Crippen molar-refractivity contribution in [1.29, 1.82) is 0 Å². The summed E-state index contributed by atoms with van der Waals surface area (Å²) in [4.78, 5) is 19.3. The molecule has 0 aliphatic heterocycles. The highest BCUT2D eigenvalue weighted by Gasteiger charge is 2.07. The maximum Gasteiger partial charge on any atom is 0.303 e. The highest BCUT2D eigenvalue weighted by atomic mass is 16.5. The number of methoxy groups -OCH3 is 1. The van der Waals surface area contributed by atoms with Crippen molar-refractivity contribution in [1.82, 2.24) is 9.97 Å². The van der Waals surface area contributed by atoms with Gasteiger partial charge in [0, 0.05) is 17.7 Å². The van der Waals surface area contributed by atoms with Crippen LogP contribution in [0.1, 0.15) is 17.9 Å². The van der Waals surface area contributed by atoms with Crippen LogP contribution in [0.5, 0.6) is 5.75 Å². The highest BCUT2D eigenvalue weighted by Crippen LogP contribution is 2.21. The first-order valence-electron chi connectivity index (χ1n) is 6.29. The molecule has 1 aromatic heterocycles. The minimum absolute atomic E-state index is 0.0332. The summed E-state index contributed by atoms with van der Waals surface area (Å²) in [5.74, 6) is 0.491. The van der Waals surface area contributed by atoms with Gasteiger partial charge in [0.15, 0.2) is 0 Å². The van der Waals surface area contributed by atoms with Crippen LogP contribution < -0.4 is 4.74 Å². The average Bonchev–Trinajstić information content (AvgIpc) is 2.44. The van der Waals surface area contributed by atoms with Gasteiger partial charge in [0.1, 0.15) is 11.6 Å². The van der Waals surface area contributed by atoms with Crippen LogP contribution in [0, 0.1) is 6.92 Å². The number of hydrogen-bond donors (Lipinski definition) is 1. The van der Waals surface area contributed by atoms with E-state index in [9.17, 15) is 4.79 Å². The standard InChI is InChI=1S/C15H16N2O3/c1-10-9-13(11-3-5-12(20-2)6-4-11)17-14(16-10)7-8-15(18)19/h3-6,9H,7-8H2,1-2H3,(H,18,19). The molecule has 1 aromatic carbocycles. The van der Waals surface area contributed by atoms with Gasteiger partial charge in [-0.3, -0.25) is 4.79 Å². The molecule has 5 heteroatoms. The predicted octanol–water partition coefficient (Wildman–Crippen LogP) is 2.48. The molecule has 1 N–H and O–H groups in total. The van der Waals surface area contributed by atoms with Crippen molar-refractivity contribution in [2.75, 3.05) is 7.11 Å². The van der Waals surface area contributed by atoms with Crippen LogP contribution in [0.3, 0.4) is 0 Å². The zero-order valence-electron chi connectivity index (χ0n) is 11.5. The van der Waals surface area contributed by atoms with Gasteiger partial charge in [0.25, 0.3) is 0 Å². The summed E-state index contributed by atoms with van der Waals surface area (Å²) >= 11 is 0. The van der Waals surface area contributed by atoms with Gasteiger partial charge in [-0.1, -0.05) is 0 Å². The summed E-state index contributed by atoms with van der Waals surface area (Å²) in [6, 6.07) is 9.45. The number of rotatable bonds is 5. The Hall–Kier alpha value is -2.43. The Bertz CT molecular complexity index is 609. The van der Waals surface area contributed by atoms with Crippen LogP contribution in [0.25, 0.3) is 11.3 Å². The molecule has 0 fully saturated rings. The second-order valence-electron chi connectivity index (χ2n) is 4.43. The number of nitrogens with zero attached hydrogens (tertiary/aromatic N) is 2. The van der Waals surface area contributed by atoms with Crippen molar-refractivity contribution in [3.63, 3.8) is 0 Å². The minimum Gasteiger partial charge on any atom is -0.497 e. The van der Waals surface area contributed by atoms with Gasteiger partial charge in [-0.15, -0.1) is 0 Å². The van der Waals surface area contributed by atoms with Gasteiger partial charge in [0.2, 0.25) is 0 Å². The summed E-state index contributed by atoms with van der Waals surface area (Å²) in [5, 5.41) is 8.72. The number of ether oxygens (including phenoxy) is 1. The number of aryl methyl sites for hydroxylation is 2. The Morgan fingerprint density at radius 2 is 1.95 bits per heavy atom. The molecule has 0 bridgehead atoms. The van der Waals surface area contributed by atoms with Gasteiger partial charge >= 0.3 is 5.97 Å². The first-order chi connectivity index (χ1) is 9.58. The van der Waals surface area contributed by atoms with Crippen molar-refractivity contribution in [2.24, 2.45) is 0 Å². The molecule has 0 aliphatic carbocycles. The van der Waals surface area contributed by atoms with Crippen LogP contribution in [-0.4, -0.2) is 28.2 Å². The quantitative estimate of drug-likeness (QED) is 0.905. The van der Waals surface area contributed by atoms with E-state index < -0.39 is 5.97 Å². The molecule has 1 heterocycles. The number of carbonyl (C=O) groups is 1. The largest absolute Gasteiger partial charge is 0.497 e. The third kappa shape index (κ3) is 3.54. The number of carboxylic acid groups (broad SMARTS) is 1. The summed E-state index contributed by atoms with van der Waals surface area (Å²) < 4.78 is 5.12. The third-order valence-electron chi connectivity index (χ3n) is 2.85. The number of carboxylic acids is 1. The van der Waals surface area contributed by atoms with Crippen LogP contribution in [0.4, 0.5) is 0 Å². The summed E-state index contributed by atoms with van der Waals surface area (Å²) in [6.07, 6.45) is 0.367. The zero-order chi connectivity index (χ0) is 14.5. The van der Waals surface area contributed by atoms with Gasteiger partial charge in [-0.2, -0.15) is 0 Å². The Labute approximate surface area is 117 Å². The molecular formula is C15H16N2O3. The van der Waals surface area contributed by atoms with Gasteiger partial charge < -0.3 is 9.84 Å². The Kier molecular flexibility index (Phi) is 4.30. The van der Waals surface area contributed by atoms with Crippen LogP contribution in [0.15, 0.2) is 30.3 Å². The first kappa shape index (κ1) is 14.0. The van der Waals surface area contributed by atoms with E-state index in [1.165, 1.54) is 0 Å². The van der Waals surface area contributed by atoms with E-state index in [2.05, 4.69) is 9.97 Å². The molecule has 0 saturated heterocycles. The Balaban J connectivity index is 2.28. The minimum atomic E-state index is -0.846. The van der Waals surface area contributed by atoms with Crippen LogP contribution in [-0.2, 0) is 11.2 Å². The fourth-order valence-corrected chi connectivity index (χ4v) is 1.87.